The Morgan fingerprint density at radius 1 is 1.19 bits per heavy atom. The van der Waals surface area contributed by atoms with Crippen LogP contribution >= 0.6 is 0 Å². The molecule has 7 nitrogen and oxygen atoms in total. The van der Waals surface area contributed by atoms with Gasteiger partial charge in [0.1, 0.15) is 23.0 Å². The molecule has 3 aromatic rings. The molecular weight excluding hydrogens is 328 g/mol. The molecule has 0 unspecified atom stereocenters. The van der Waals surface area contributed by atoms with E-state index < -0.39 is 5.60 Å². The van der Waals surface area contributed by atoms with Gasteiger partial charge in [0.25, 0.3) is 0 Å². The number of nitrogens with one attached hydrogen (secondary N) is 1. The predicted octanol–water partition coefficient (Wildman–Crippen LogP) is 3.64. The lowest BCUT2D eigenvalue weighted by Crippen LogP contribution is -2.13. The maximum absolute atomic E-state index is 9.78. The lowest BCUT2D eigenvalue weighted by atomic mass is 10.1. The number of rotatable bonds is 5. The van der Waals surface area contributed by atoms with E-state index in [1.807, 2.05) is 13.0 Å². The molecule has 0 aliphatic heterocycles. The molecule has 0 amide bonds. The molecule has 136 valence electrons. The minimum atomic E-state index is -0.910. The number of pyridine rings is 1. The van der Waals surface area contributed by atoms with Crippen molar-refractivity contribution < 1.29 is 5.11 Å². The average molecular weight is 352 g/mol. The van der Waals surface area contributed by atoms with Gasteiger partial charge in [-0.25, -0.2) is 19.9 Å². The summed E-state index contributed by atoms with van der Waals surface area (Å²) < 4.78 is 2.18. The van der Waals surface area contributed by atoms with Crippen molar-refractivity contribution in [2.75, 3.05) is 5.32 Å². The zero-order valence-corrected chi connectivity index (χ0v) is 15.7. The first kappa shape index (κ1) is 18.0. The molecule has 0 fully saturated rings. The van der Waals surface area contributed by atoms with Crippen molar-refractivity contribution in [3.8, 4) is 0 Å². The normalized spacial score (nSPS) is 12.4. The number of aromatic nitrogens is 5. The van der Waals surface area contributed by atoms with E-state index in [0.717, 1.165) is 16.9 Å². The Morgan fingerprint density at radius 2 is 1.96 bits per heavy atom. The van der Waals surface area contributed by atoms with Crippen LogP contribution in [-0.2, 0) is 0 Å². The van der Waals surface area contributed by atoms with Crippen LogP contribution in [0.1, 0.15) is 45.4 Å². The monoisotopic (exact) mass is 352 g/mol. The summed E-state index contributed by atoms with van der Waals surface area (Å²) in [6.45, 7) is 9.66. The summed E-state index contributed by atoms with van der Waals surface area (Å²) in [6, 6.07) is 4.06. The van der Waals surface area contributed by atoms with Gasteiger partial charge in [0.05, 0.1) is 17.3 Å². The highest BCUT2D eigenvalue weighted by Crippen LogP contribution is 2.23. The molecule has 0 aliphatic rings. The van der Waals surface area contributed by atoms with Crippen LogP contribution in [0.2, 0.25) is 0 Å². The van der Waals surface area contributed by atoms with Crippen molar-refractivity contribution in [2.45, 2.75) is 46.3 Å². The molecule has 0 aromatic carbocycles. The molecule has 0 saturated carbocycles. The Bertz CT molecular complexity index is 952. The smallest absolute Gasteiger partial charge is 0.153 e. The summed E-state index contributed by atoms with van der Waals surface area (Å²) in [5.41, 5.74) is 0.997. The molecule has 0 saturated heterocycles. The first-order valence-electron chi connectivity index (χ1n) is 8.59. The lowest BCUT2D eigenvalue weighted by molar-refractivity contribution is 0.134. The maximum Gasteiger partial charge on any atom is 0.153 e. The number of anilines is 2. The highest BCUT2D eigenvalue weighted by molar-refractivity contribution is 5.79. The molecule has 3 aromatic heterocycles. The Balaban J connectivity index is 1.89. The Morgan fingerprint density at radius 3 is 2.65 bits per heavy atom. The standard InChI is InChI=1S/C19H24N6O/c1-12(2)25-13(3)22-14-11-21-18(10-15(14)25)24-17-7-9-20-16(23-17)6-8-19(4,5)26/h6-12,26H,1-5H3,(H,20,21,23,24)/b8-6+. The Labute approximate surface area is 152 Å². The number of fused-ring (bicyclic) bond motifs is 1. The number of hydrogen-bond acceptors (Lipinski definition) is 6. The first-order valence-corrected chi connectivity index (χ1v) is 8.59. The summed E-state index contributed by atoms with van der Waals surface area (Å²) >= 11 is 0. The molecule has 0 bridgehead atoms. The van der Waals surface area contributed by atoms with E-state index in [1.54, 1.807) is 44.5 Å². The molecule has 7 heteroatoms. The number of aryl methyl sites for hydroxylation is 1. The van der Waals surface area contributed by atoms with Crippen LogP contribution in [0.15, 0.2) is 30.6 Å². The van der Waals surface area contributed by atoms with Gasteiger partial charge in [0.15, 0.2) is 5.82 Å². The third-order valence-corrected chi connectivity index (χ3v) is 3.84. The molecule has 3 heterocycles. The molecule has 0 atom stereocenters. The van der Waals surface area contributed by atoms with Gasteiger partial charge >= 0.3 is 0 Å². The Hall–Kier alpha value is -2.80. The van der Waals surface area contributed by atoms with E-state index in [9.17, 15) is 5.11 Å². The molecule has 2 N–H and O–H groups in total. The minimum Gasteiger partial charge on any atom is -0.386 e. The zero-order valence-electron chi connectivity index (χ0n) is 15.7. The SMILES string of the molecule is Cc1nc2cnc(Nc3ccnc(/C=C/C(C)(C)O)n3)cc2n1C(C)C. The van der Waals surface area contributed by atoms with Crippen molar-refractivity contribution in [1.29, 1.82) is 0 Å². The summed E-state index contributed by atoms with van der Waals surface area (Å²) in [4.78, 5) is 17.6. The van der Waals surface area contributed by atoms with Crippen LogP contribution in [0.4, 0.5) is 11.6 Å². The zero-order chi connectivity index (χ0) is 18.9. The second-order valence-corrected chi connectivity index (χ2v) is 7.09. The first-order chi connectivity index (χ1) is 12.2. The van der Waals surface area contributed by atoms with Crippen LogP contribution in [0, 0.1) is 6.92 Å². The van der Waals surface area contributed by atoms with Crippen LogP contribution in [0.5, 0.6) is 0 Å². The van der Waals surface area contributed by atoms with Crippen LogP contribution in [0.3, 0.4) is 0 Å². The topological polar surface area (TPSA) is 88.8 Å². The van der Waals surface area contributed by atoms with Gasteiger partial charge in [-0.15, -0.1) is 0 Å². The van der Waals surface area contributed by atoms with E-state index in [-0.39, 0.29) is 0 Å². The van der Waals surface area contributed by atoms with Crippen molar-refractivity contribution >= 4 is 28.7 Å². The summed E-state index contributed by atoms with van der Waals surface area (Å²) in [6.07, 6.45) is 6.78. The summed E-state index contributed by atoms with van der Waals surface area (Å²) in [5.74, 6) is 2.81. The highest BCUT2D eigenvalue weighted by Gasteiger charge is 2.12. The fraction of sp³-hybridized carbons (Fsp3) is 0.368. The fourth-order valence-electron chi connectivity index (χ4n) is 2.77. The Kier molecular flexibility index (Phi) is 4.73. The highest BCUT2D eigenvalue weighted by atomic mass is 16.3. The van der Waals surface area contributed by atoms with E-state index in [2.05, 4.69) is 43.7 Å². The van der Waals surface area contributed by atoms with Crippen LogP contribution < -0.4 is 5.32 Å². The van der Waals surface area contributed by atoms with E-state index in [0.29, 0.717) is 23.5 Å². The van der Waals surface area contributed by atoms with Gasteiger partial charge in [-0.1, -0.05) is 0 Å². The third kappa shape index (κ3) is 4.05. The van der Waals surface area contributed by atoms with E-state index >= 15 is 0 Å². The van der Waals surface area contributed by atoms with E-state index in [1.165, 1.54) is 0 Å². The summed E-state index contributed by atoms with van der Waals surface area (Å²) in [5, 5.41) is 13.0. The lowest BCUT2D eigenvalue weighted by Gasteiger charge is -2.11. The average Bonchev–Trinajstić information content (AvgIpc) is 2.88. The van der Waals surface area contributed by atoms with Gasteiger partial charge in [0.2, 0.25) is 0 Å². The number of aliphatic hydroxyl groups is 1. The fourth-order valence-corrected chi connectivity index (χ4v) is 2.77. The van der Waals surface area contributed by atoms with Crippen molar-refractivity contribution in [2.24, 2.45) is 0 Å². The van der Waals surface area contributed by atoms with Crippen molar-refractivity contribution in [3.05, 3.63) is 42.3 Å². The van der Waals surface area contributed by atoms with Gasteiger partial charge in [0, 0.05) is 18.3 Å². The van der Waals surface area contributed by atoms with Crippen LogP contribution in [0.25, 0.3) is 17.1 Å². The minimum absolute atomic E-state index is 0.313. The molecule has 26 heavy (non-hydrogen) atoms. The van der Waals surface area contributed by atoms with Crippen LogP contribution in [-0.4, -0.2) is 35.2 Å². The quantitative estimate of drug-likeness (QED) is 0.729. The molecule has 0 spiro atoms. The van der Waals surface area contributed by atoms with Crippen molar-refractivity contribution in [3.63, 3.8) is 0 Å². The number of hydrogen-bond donors (Lipinski definition) is 2. The predicted molar refractivity (Wildman–Crippen MR) is 103 cm³/mol. The third-order valence-electron chi connectivity index (χ3n) is 3.84. The van der Waals surface area contributed by atoms with Gasteiger partial charge in [-0.3, -0.25) is 0 Å². The van der Waals surface area contributed by atoms with Gasteiger partial charge < -0.3 is 15.0 Å². The van der Waals surface area contributed by atoms with Gasteiger partial charge in [-0.2, -0.15) is 0 Å². The maximum atomic E-state index is 9.78. The molecule has 0 aliphatic carbocycles. The van der Waals surface area contributed by atoms with Crippen molar-refractivity contribution in [1.82, 2.24) is 24.5 Å². The molecular formula is C19H24N6O. The summed E-state index contributed by atoms with van der Waals surface area (Å²) in [7, 11) is 0. The second-order valence-electron chi connectivity index (χ2n) is 7.09. The van der Waals surface area contributed by atoms with E-state index in [4.69, 9.17) is 0 Å². The number of imidazole rings is 1. The molecule has 3 rings (SSSR count). The largest absolute Gasteiger partial charge is 0.386 e. The number of nitrogens with zero attached hydrogens (tertiary/aromatic N) is 5. The van der Waals surface area contributed by atoms with Gasteiger partial charge in [-0.05, 0) is 52.8 Å². The molecule has 0 radical (unpaired) electrons. The second kappa shape index (κ2) is 6.84.